The Morgan fingerprint density at radius 3 is 2.83 bits per heavy atom. The number of rotatable bonds is 3. The number of piperidine rings is 1. The zero-order valence-electron chi connectivity index (χ0n) is 8.08. The minimum Gasteiger partial charge on any atom is -0.395 e. The van der Waals surface area contributed by atoms with E-state index in [1.54, 1.807) is 0 Å². The summed E-state index contributed by atoms with van der Waals surface area (Å²) in [5, 5.41) is 12.1. The van der Waals surface area contributed by atoms with Gasteiger partial charge in [0, 0.05) is 19.1 Å². The summed E-state index contributed by atoms with van der Waals surface area (Å²) >= 11 is 0. The van der Waals surface area contributed by atoms with E-state index >= 15 is 0 Å². The summed E-state index contributed by atoms with van der Waals surface area (Å²) in [5.74, 6) is 0.704. The molecule has 2 N–H and O–H groups in total. The second-order valence-electron chi connectivity index (χ2n) is 3.69. The van der Waals surface area contributed by atoms with E-state index in [4.69, 9.17) is 5.11 Å². The fourth-order valence-corrected chi connectivity index (χ4v) is 2.01. The molecule has 2 unspecified atom stereocenters. The lowest BCUT2D eigenvalue weighted by Crippen LogP contribution is -2.47. The topological polar surface area (TPSA) is 35.5 Å². The highest BCUT2D eigenvalue weighted by Crippen LogP contribution is 2.15. The van der Waals surface area contributed by atoms with Crippen molar-refractivity contribution in [2.24, 2.45) is 5.92 Å². The van der Waals surface area contributed by atoms with E-state index in [0.29, 0.717) is 12.0 Å². The van der Waals surface area contributed by atoms with E-state index in [9.17, 15) is 0 Å². The maximum absolute atomic E-state index is 8.77. The Bertz CT molecular complexity index is 130. The lowest BCUT2D eigenvalue weighted by molar-refractivity contribution is 0.124. The van der Waals surface area contributed by atoms with Crippen LogP contribution in [0.3, 0.4) is 0 Å². The third kappa shape index (κ3) is 2.44. The van der Waals surface area contributed by atoms with Gasteiger partial charge in [0.05, 0.1) is 6.61 Å². The number of β-amino-alcohol motifs (C(OH)–C–C–N with tert-alkyl or cyclic N) is 1. The molecule has 0 spiro atoms. The number of hydrogen-bond acceptors (Lipinski definition) is 3. The Labute approximate surface area is 74.8 Å². The zero-order chi connectivity index (χ0) is 8.97. The van der Waals surface area contributed by atoms with Crippen LogP contribution in [0.5, 0.6) is 0 Å². The molecule has 0 aromatic rings. The first-order chi connectivity index (χ1) is 5.77. The molecule has 3 nitrogen and oxygen atoms in total. The van der Waals surface area contributed by atoms with Crippen LogP contribution >= 0.6 is 0 Å². The van der Waals surface area contributed by atoms with Crippen molar-refractivity contribution in [2.75, 3.05) is 33.3 Å². The molecule has 0 aliphatic carbocycles. The van der Waals surface area contributed by atoms with Gasteiger partial charge in [-0.2, -0.15) is 0 Å². The molecule has 0 radical (unpaired) electrons. The molecule has 0 saturated carbocycles. The van der Waals surface area contributed by atoms with Crippen molar-refractivity contribution in [1.29, 1.82) is 0 Å². The number of likely N-dealkylation sites (tertiary alicyclic amines) is 1. The molecule has 12 heavy (non-hydrogen) atoms. The SMILES string of the molecule is CNC1CCN(CCO)CC1C. The van der Waals surface area contributed by atoms with E-state index in [0.717, 1.165) is 19.6 Å². The van der Waals surface area contributed by atoms with Gasteiger partial charge in [0.1, 0.15) is 0 Å². The average molecular weight is 172 g/mol. The van der Waals surface area contributed by atoms with Crippen LogP contribution in [0, 0.1) is 5.92 Å². The normalized spacial score (nSPS) is 32.2. The predicted octanol–water partition coefficient (Wildman–Crippen LogP) is -0.0915. The van der Waals surface area contributed by atoms with Crippen molar-refractivity contribution in [2.45, 2.75) is 19.4 Å². The minimum absolute atomic E-state index is 0.289. The van der Waals surface area contributed by atoms with E-state index in [-0.39, 0.29) is 6.61 Å². The first-order valence-electron chi connectivity index (χ1n) is 4.78. The quantitative estimate of drug-likeness (QED) is 0.624. The van der Waals surface area contributed by atoms with Crippen molar-refractivity contribution >= 4 is 0 Å². The van der Waals surface area contributed by atoms with Gasteiger partial charge in [0.25, 0.3) is 0 Å². The van der Waals surface area contributed by atoms with Crippen LogP contribution < -0.4 is 5.32 Å². The molecule has 1 rings (SSSR count). The average Bonchev–Trinajstić information content (AvgIpc) is 2.05. The molecule has 1 saturated heterocycles. The van der Waals surface area contributed by atoms with E-state index in [1.807, 2.05) is 7.05 Å². The molecule has 1 heterocycles. The summed E-state index contributed by atoms with van der Waals surface area (Å²) in [4.78, 5) is 2.33. The van der Waals surface area contributed by atoms with Gasteiger partial charge in [-0.25, -0.2) is 0 Å². The van der Waals surface area contributed by atoms with Crippen molar-refractivity contribution in [3.8, 4) is 0 Å². The summed E-state index contributed by atoms with van der Waals surface area (Å²) in [6.07, 6.45) is 1.21. The minimum atomic E-state index is 0.289. The maximum Gasteiger partial charge on any atom is 0.0558 e. The Balaban J connectivity index is 2.30. The molecule has 1 fully saturated rings. The third-order valence-corrected chi connectivity index (χ3v) is 2.78. The van der Waals surface area contributed by atoms with Gasteiger partial charge in [0.2, 0.25) is 0 Å². The van der Waals surface area contributed by atoms with Gasteiger partial charge in [-0.05, 0) is 25.9 Å². The molecule has 0 bridgehead atoms. The van der Waals surface area contributed by atoms with Crippen LogP contribution in [0.2, 0.25) is 0 Å². The molecular weight excluding hydrogens is 152 g/mol. The van der Waals surface area contributed by atoms with E-state index < -0.39 is 0 Å². The molecule has 2 atom stereocenters. The number of aliphatic hydroxyl groups excluding tert-OH is 1. The third-order valence-electron chi connectivity index (χ3n) is 2.78. The molecule has 72 valence electrons. The zero-order valence-corrected chi connectivity index (χ0v) is 8.08. The summed E-state index contributed by atoms with van der Waals surface area (Å²) in [6, 6.07) is 0.667. The van der Waals surface area contributed by atoms with Crippen molar-refractivity contribution < 1.29 is 5.11 Å². The molecule has 0 aromatic carbocycles. The fraction of sp³-hybridized carbons (Fsp3) is 1.00. The first kappa shape index (κ1) is 9.96. The van der Waals surface area contributed by atoms with Crippen molar-refractivity contribution in [3.63, 3.8) is 0 Å². The summed E-state index contributed by atoms with van der Waals surface area (Å²) in [5.41, 5.74) is 0. The van der Waals surface area contributed by atoms with Gasteiger partial charge < -0.3 is 15.3 Å². The van der Waals surface area contributed by atoms with Gasteiger partial charge in [-0.3, -0.25) is 0 Å². The van der Waals surface area contributed by atoms with Gasteiger partial charge in [-0.15, -0.1) is 0 Å². The lowest BCUT2D eigenvalue weighted by atomic mass is 9.94. The first-order valence-corrected chi connectivity index (χ1v) is 4.78. The molecule has 1 aliphatic heterocycles. The second kappa shape index (κ2) is 4.80. The number of nitrogens with one attached hydrogen (secondary N) is 1. The number of aliphatic hydroxyl groups is 1. The largest absolute Gasteiger partial charge is 0.395 e. The summed E-state index contributed by atoms with van der Waals surface area (Å²) in [6.45, 7) is 5.63. The summed E-state index contributed by atoms with van der Waals surface area (Å²) in [7, 11) is 2.03. The van der Waals surface area contributed by atoms with Gasteiger partial charge in [-0.1, -0.05) is 6.92 Å². The van der Waals surface area contributed by atoms with Crippen LogP contribution in [0.1, 0.15) is 13.3 Å². The van der Waals surface area contributed by atoms with Crippen LogP contribution in [-0.2, 0) is 0 Å². The fourth-order valence-electron chi connectivity index (χ4n) is 2.01. The Kier molecular flexibility index (Phi) is 3.98. The lowest BCUT2D eigenvalue weighted by Gasteiger charge is -2.36. The van der Waals surface area contributed by atoms with E-state index in [2.05, 4.69) is 17.1 Å². The predicted molar refractivity (Wildman–Crippen MR) is 50.2 cm³/mol. The Morgan fingerprint density at radius 2 is 2.33 bits per heavy atom. The van der Waals surface area contributed by atoms with Crippen LogP contribution in [0.25, 0.3) is 0 Å². The van der Waals surface area contributed by atoms with Crippen molar-refractivity contribution in [3.05, 3.63) is 0 Å². The highest BCUT2D eigenvalue weighted by Gasteiger charge is 2.23. The molecule has 0 aromatic heterocycles. The molecular formula is C9H20N2O. The standard InChI is InChI=1S/C9H20N2O/c1-8-7-11(5-6-12)4-3-9(8)10-2/h8-10,12H,3-7H2,1-2H3. The monoisotopic (exact) mass is 172 g/mol. The van der Waals surface area contributed by atoms with Crippen LogP contribution in [-0.4, -0.2) is 49.3 Å². The molecule has 3 heteroatoms. The van der Waals surface area contributed by atoms with Gasteiger partial charge in [0.15, 0.2) is 0 Å². The smallest absolute Gasteiger partial charge is 0.0558 e. The highest BCUT2D eigenvalue weighted by atomic mass is 16.3. The molecule has 0 amide bonds. The van der Waals surface area contributed by atoms with Crippen molar-refractivity contribution in [1.82, 2.24) is 10.2 Å². The molecule has 1 aliphatic rings. The summed E-state index contributed by atoms with van der Waals surface area (Å²) < 4.78 is 0. The maximum atomic E-state index is 8.77. The Hall–Kier alpha value is -0.120. The van der Waals surface area contributed by atoms with E-state index in [1.165, 1.54) is 6.42 Å². The number of hydrogen-bond donors (Lipinski definition) is 2. The second-order valence-corrected chi connectivity index (χ2v) is 3.69. The Morgan fingerprint density at radius 1 is 1.58 bits per heavy atom. The van der Waals surface area contributed by atoms with Gasteiger partial charge >= 0.3 is 0 Å². The van der Waals surface area contributed by atoms with Crippen LogP contribution in [0.15, 0.2) is 0 Å². The van der Waals surface area contributed by atoms with Crippen LogP contribution in [0.4, 0.5) is 0 Å². The highest BCUT2D eigenvalue weighted by molar-refractivity contribution is 4.81. The number of nitrogens with zero attached hydrogens (tertiary/aromatic N) is 1.